The molecule has 5 aromatic rings. The van der Waals surface area contributed by atoms with Gasteiger partial charge >= 0.3 is 11.3 Å². The van der Waals surface area contributed by atoms with Gasteiger partial charge in [-0.2, -0.15) is 9.78 Å². The molecule has 31 heavy (non-hydrogen) atoms. The third-order valence-electron chi connectivity index (χ3n) is 4.97. The van der Waals surface area contributed by atoms with Crippen molar-refractivity contribution in [3.63, 3.8) is 0 Å². The number of hydrogen-bond donors (Lipinski definition) is 0. The van der Waals surface area contributed by atoms with Gasteiger partial charge in [0.15, 0.2) is 0 Å². The smallest absolute Gasteiger partial charge is 0.350 e. The van der Waals surface area contributed by atoms with Crippen LogP contribution < -0.4 is 11.3 Å². The van der Waals surface area contributed by atoms with Crippen molar-refractivity contribution >= 4 is 11.0 Å². The topological polar surface area (TPSA) is 101 Å². The number of nitrogens with zero attached hydrogens (tertiary/aromatic N) is 6. The van der Waals surface area contributed by atoms with E-state index >= 15 is 0 Å². The zero-order valence-electron chi connectivity index (χ0n) is 16.7. The number of benzene rings is 2. The predicted molar refractivity (Wildman–Crippen MR) is 113 cm³/mol. The van der Waals surface area contributed by atoms with Crippen LogP contribution in [0.15, 0.2) is 81.1 Å². The molecule has 9 nitrogen and oxygen atoms in total. The van der Waals surface area contributed by atoms with Gasteiger partial charge in [0, 0.05) is 11.5 Å². The average molecular weight is 414 g/mol. The minimum Gasteiger partial charge on any atom is -0.423 e. The maximum atomic E-state index is 12.6. The standard InChI is InChI=1S/C22H18N6O3/c1-15-7-8-19-16(10-21(29)31-20(19)9-15)11-27-13-17(24-25-27)12-26-14-23-28(22(26)30)18-5-3-2-4-6-18/h2-10,13-14H,11-12H2,1H3. The number of hydrogen-bond acceptors (Lipinski definition) is 6. The normalized spacial score (nSPS) is 11.3. The van der Waals surface area contributed by atoms with Crippen LogP contribution >= 0.6 is 0 Å². The van der Waals surface area contributed by atoms with Crippen LogP contribution in [0.25, 0.3) is 16.7 Å². The second-order valence-electron chi connectivity index (χ2n) is 7.29. The molecular formula is C22H18N6O3. The SMILES string of the molecule is Cc1ccc2c(Cn3cc(Cn4cnn(-c5ccccc5)c4=O)nn3)cc(=O)oc2c1. The van der Waals surface area contributed by atoms with Gasteiger partial charge in [0.05, 0.1) is 25.0 Å². The average Bonchev–Trinajstić information content (AvgIpc) is 3.35. The molecule has 0 aliphatic carbocycles. The minimum atomic E-state index is -0.409. The van der Waals surface area contributed by atoms with Crippen LogP contribution in [0, 0.1) is 6.92 Å². The fraction of sp³-hybridized carbons (Fsp3) is 0.136. The van der Waals surface area contributed by atoms with Gasteiger partial charge in [-0.3, -0.25) is 4.57 Å². The molecule has 0 unspecified atom stereocenters. The Balaban J connectivity index is 1.40. The van der Waals surface area contributed by atoms with Gasteiger partial charge in [-0.15, -0.1) is 5.10 Å². The highest BCUT2D eigenvalue weighted by molar-refractivity contribution is 5.80. The zero-order chi connectivity index (χ0) is 21.4. The van der Waals surface area contributed by atoms with Gasteiger partial charge in [0.2, 0.25) is 0 Å². The van der Waals surface area contributed by atoms with E-state index in [1.165, 1.54) is 21.6 Å². The van der Waals surface area contributed by atoms with Gasteiger partial charge in [0.1, 0.15) is 17.6 Å². The molecule has 0 aliphatic rings. The first-order valence-electron chi connectivity index (χ1n) is 9.69. The molecule has 0 aliphatic heterocycles. The number of aryl methyl sites for hydroxylation is 1. The Kier molecular flexibility index (Phi) is 4.55. The van der Waals surface area contributed by atoms with Gasteiger partial charge in [-0.1, -0.05) is 35.5 Å². The van der Waals surface area contributed by atoms with Crippen molar-refractivity contribution in [3.05, 3.63) is 105 Å². The van der Waals surface area contributed by atoms with E-state index in [0.717, 1.165) is 16.5 Å². The molecule has 9 heteroatoms. The third kappa shape index (κ3) is 3.68. The van der Waals surface area contributed by atoms with Crippen LogP contribution in [0.1, 0.15) is 16.8 Å². The Hall–Kier alpha value is -4.27. The largest absolute Gasteiger partial charge is 0.423 e. The maximum absolute atomic E-state index is 12.6. The maximum Gasteiger partial charge on any atom is 0.350 e. The Labute approximate surface area is 175 Å². The summed E-state index contributed by atoms with van der Waals surface area (Å²) < 4.78 is 9.75. The van der Waals surface area contributed by atoms with Gasteiger partial charge in [0.25, 0.3) is 0 Å². The third-order valence-corrected chi connectivity index (χ3v) is 4.97. The summed E-state index contributed by atoms with van der Waals surface area (Å²) >= 11 is 0. The quantitative estimate of drug-likeness (QED) is 0.409. The lowest BCUT2D eigenvalue weighted by atomic mass is 10.1. The summed E-state index contributed by atoms with van der Waals surface area (Å²) in [5.74, 6) is 0. The van der Waals surface area contributed by atoms with Crippen molar-refractivity contribution in [2.24, 2.45) is 0 Å². The molecule has 0 bridgehead atoms. The van der Waals surface area contributed by atoms with E-state index in [1.807, 2.05) is 55.5 Å². The minimum absolute atomic E-state index is 0.239. The van der Waals surface area contributed by atoms with Crippen molar-refractivity contribution in [2.45, 2.75) is 20.0 Å². The Bertz CT molecular complexity index is 1490. The summed E-state index contributed by atoms with van der Waals surface area (Å²) in [4.78, 5) is 24.6. The molecule has 3 aromatic heterocycles. The molecule has 5 rings (SSSR count). The molecule has 154 valence electrons. The molecule has 0 amide bonds. The molecule has 0 atom stereocenters. The van der Waals surface area contributed by atoms with Crippen LogP contribution in [0.4, 0.5) is 0 Å². The van der Waals surface area contributed by atoms with E-state index in [9.17, 15) is 9.59 Å². The Morgan fingerprint density at radius 2 is 1.84 bits per heavy atom. The number of rotatable bonds is 5. The van der Waals surface area contributed by atoms with Gasteiger partial charge in [-0.25, -0.2) is 14.3 Å². The molecule has 3 heterocycles. The number of aromatic nitrogens is 6. The monoisotopic (exact) mass is 414 g/mol. The molecule has 0 fully saturated rings. The Morgan fingerprint density at radius 1 is 1.00 bits per heavy atom. The summed E-state index contributed by atoms with van der Waals surface area (Å²) in [5, 5.41) is 13.3. The highest BCUT2D eigenvalue weighted by Crippen LogP contribution is 2.19. The number of para-hydroxylation sites is 1. The van der Waals surface area contributed by atoms with E-state index in [4.69, 9.17) is 4.42 Å². The van der Waals surface area contributed by atoms with Crippen LogP contribution in [0.3, 0.4) is 0 Å². The number of fused-ring (bicyclic) bond motifs is 1. The first kappa shape index (κ1) is 18.7. The summed E-state index contributed by atoms with van der Waals surface area (Å²) in [6.07, 6.45) is 3.23. The second kappa shape index (κ2) is 7.52. The molecule has 0 spiro atoms. The van der Waals surface area contributed by atoms with Gasteiger partial charge < -0.3 is 4.42 Å². The van der Waals surface area contributed by atoms with Crippen LogP contribution in [0.5, 0.6) is 0 Å². The molecular weight excluding hydrogens is 396 g/mol. The predicted octanol–water partition coefficient (Wildman–Crippen LogP) is 2.14. The van der Waals surface area contributed by atoms with E-state index in [0.29, 0.717) is 23.5 Å². The van der Waals surface area contributed by atoms with Crippen molar-refractivity contribution in [3.8, 4) is 5.69 Å². The lowest BCUT2D eigenvalue weighted by Crippen LogP contribution is -2.24. The van der Waals surface area contributed by atoms with E-state index in [1.54, 1.807) is 10.9 Å². The van der Waals surface area contributed by atoms with Crippen molar-refractivity contribution in [1.29, 1.82) is 0 Å². The molecule has 0 N–H and O–H groups in total. The van der Waals surface area contributed by atoms with E-state index in [-0.39, 0.29) is 12.2 Å². The molecule has 0 saturated heterocycles. The fourth-order valence-electron chi connectivity index (χ4n) is 3.49. The highest BCUT2D eigenvalue weighted by Gasteiger charge is 2.11. The molecule has 2 aromatic carbocycles. The van der Waals surface area contributed by atoms with E-state index < -0.39 is 5.63 Å². The lowest BCUT2D eigenvalue weighted by Gasteiger charge is -2.05. The van der Waals surface area contributed by atoms with Crippen molar-refractivity contribution in [1.82, 2.24) is 29.3 Å². The second-order valence-corrected chi connectivity index (χ2v) is 7.29. The van der Waals surface area contributed by atoms with Crippen molar-refractivity contribution < 1.29 is 4.42 Å². The Morgan fingerprint density at radius 3 is 2.68 bits per heavy atom. The zero-order valence-corrected chi connectivity index (χ0v) is 16.7. The summed E-state index contributed by atoms with van der Waals surface area (Å²) in [6, 6.07) is 16.4. The summed E-state index contributed by atoms with van der Waals surface area (Å²) in [7, 11) is 0. The molecule has 0 saturated carbocycles. The summed E-state index contributed by atoms with van der Waals surface area (Å²) in [6.45, 7) is 2.54. The van der Waals surface area contributed by atoms with Crippen LogP contribution in [0.2, 0.25) is 0 Å². The summed E-state index contributed by atoms with van der Waals surface area (Å²) in [5.41, 5.74) is 2.98. The lowest BCUT2D eigenvalue weighted by molar-refractivity contribution is 0.555. The van der Waals surface area contributed by atoms with Crippen LogP contribution in [-0.4, -0.2) is 29.3 Å². The van der Waals surface area contributed by atoms with E-state index in [2.05, 4.69) is 15.4 Å². The van der Waals surface area contributed by atoms with Gasteiger partial charge in [-0.05, 0) is 36.2 Å². The molecule has 0 radical (unpaired) electrons. The highest BCUT2D eigenvalue weighted by atomic mass is 16.4. The van der Waals surface area contributed by atoms with Crippen LogP contribution in [-0.2, 0) is 13.1 Å². The van der Waals surface area contributed by atoms with Crippen molar-refractivity contribution in [2.75, 3.05) is 0 Å². The first-order chi connectivity index (χ1) is 15.1. The fourth-order valence-corrected chi connectivity index (χ4v) is 3.49. The first-order valence-corrected chi connectivity index (χ1v) is 9.69.